The summed E-state index contributed by atoms with van der Waals surface area (Å²) in [7, 11) is 0. The summed E-state index contributed by atoms with van der Waals surface area (Å²) in [6.07, 6.45) is 5.24. The fourth-order valence-corrected chi connectivity index (χ4v) is 2.55. The zero-order valence-corrected chi connectivity index (χ0v) is 10.7. The fourth-order valence-electron chi connectivity index (χ4n) is 2.55. The van der Waals surface area contributed by atoms with E-state index in [1.807, 2.05) is 0 Å². The van der Waals surface area contributed by atoms with Crippen molar-refractivity contribution in [2.75, 3.05) is 23.8 Å². The van der Waals surface area contributed by atoms with Crippen molar-refractivity contribution in [1.82, 2.24) is 4.98 Å². The highest BCUT2D eigenvalue weighted by Gasteiger charge is 2.24. The first-order valence-electron chi connectivity index (χ1n) is 6.49. The van der Waals surface area contributed by atoms with Crippen molar-refractivity contribution >= 4 is 17.5 Å². The van der Waals surface area contributed by atoms with Gasteiger partial charge in [-0.15, -0.1) is 0 Å². The van der Waals surface area contributed by atoms with E-state index in [1.54, 1.807) is 0 Å². The molecule has 0 saturated carbocycles. The molecule has 0 aliphatic carbocycles. The molecule has 1 aliphatic rings. The van der Waals surface area contributed by atoms with E-state index < -0.39 is 5.97 Å². The standard InChI is InChI=1S/C13H19N3O3/c14-11-8-15-12(7-10(11)13(18)19)16-5-2-1-3-9(16)4-6-17/h7-9,17H,1-6,14H2,(H,18,19). The van der Waals surface area contributed by atoms with E-state index in [2.05, 4.69) is 9.88 Å². The smallest absolute Gasteiger partial charge is 0.337 e. The maximum atomic E-state index is 11.1. The van der Waals surface area contributed by atoms with Gasteiger partial charge in [0.15, 0.2) is 0 Å². The van der Waals surface area contributed by atoms with E-state index in [-0.39, 0.29) is 23.9 Å². The average Bonchev–Trinajstić information content (AvgIpc) is 2.40. The molecule has 0 spiro atoms. The molecule has 2 rings (SSSR count). The number of carboxylic acid groups (broad SMARTS) is 1. The molecule has 4 N–H and O–H groups in total. The van der Waals surface area contributed by atoms with Crippen LogP contribution < -0.4 is 10.6 Å². The number of piperidine rings is 1. The molecule has 1 unspecified atom stereocenters. The number of carboxylic acids is 1. The number of rotatable bonds is 4. The maximum Gasteiger partial charge on any atom is 0.337 e. The van der Waals surface area contributed by atoms with Gasteiger partial charge in [0.1, 0.15) is 5.82 Å². The number of nitrogen functional groups attached to an aromatic ring is 1. The van der Waals surface area contributed by atoms with Crippen LogP contribution >= 0.6 is 0 Å². The Morgan fingerprint density at radius 2 is 2.32 bits per heavy atom. The van der Waals surface area contributed by atoms with Crippen LogP contribution in [0, 0.1) is 0 Å². The molecule has 1 aromatic rings. The van der Waals surface area contributed by atoms with Gasteiger partial charge in [-0.05, 0) is 31.7 Å². The second-order valence-corrected chi connectivity index (χ2v) is 4.79. The van der Waals surface area contributed by atoms with E-state index in [1.165, 1.54) is 12.3 Å². The van der Waals surface area contributed by atoms with Gasteiger partial charge in [-0.2, -0.15) is 0 Å². The van der Waals surface area contributed by atoms with E-state index in [0.29, 0.717) is 12.2 Å². The summed E-state index contributed by atoms with van der Waals surface area (Å²) < 4.78 is 0. The number of hydrogen-bond acceptors (Lipinski definition) is 5. The summed E-state index contributed by atoms with van der Waals surface area (Å²) in [4.78, 5) is 17.4. The average molecular weight is 265 g/mol. The zero-order valence-electron chi connectivity index (χ0n) is 10.7. The number of aromatic carboxylic acids is 1. The largest absolute Gasteiger partial charge is 0.478 e. The van der Waals surface area contributed by atoms with Crippen molar-refractivity contribution in [3.63, 3.8) is 0 Å². The number of pyridine rings is 1. The number of nitrogens with zero attached hydrogens (tertiary/aromatic N) is 2. The number of anilines is 2. The Balaban J connectivity index is 2.28. The van der Waals surface area contributed by atoms with E-state index >= 15 is 0 Å². The fraction of sp³-hybridized carbons (Fsp3) is 0.538. The highest BCUT2D eigenvalue weighted by Crippen LogP contribution is 2.26. The minimum atomic E-state index is -1.04. The van der Waals surface area contributed by atoms with Gasteiger partial charge in [-0.1, -0.05) is 0 Å². The van der Waals surface area contributed by atoms with Crippen LogP contribution in [0.3, 0.4) is 0 Å². The van der Waals surface area contributed by atoms with Crippen molar-refractivity contribution in [2.45, 2.75) is 31.7 Å². The summed E-state index contributed by atoms with van der Waals surface area (Å²) in [6, 6.07) is 1.74. The predicted octanol–water partition coefficient (Wildman–Crippen LogP) is 1.10. The number of nitrogens with two attached hydrogens (primary N) is 1. The molecule has 0 amide bonds. The minimum Gasteiger partial charge on any atom is -0.478 e. The van der Waals surface area contributed by atoms with Crippen LogP contribution in [-0.4, -0.2) is 40.4 Å². The minimum absolute atomic E-state index is 0.0818. The lowest BCUT2D eigenvalue weighted by molar-refractivity contribution is 0.0698. The second kappa shape index (κ2) is 5.88. The van der Waals surface area contributed by atoms with Crippen LogP contribution in [0.1, 0.15) is 36.0 Å². The molecule has 19 heavy (non-hydrogen) atoms. The van der Waals surface area contributed by atoms with Crippen LogP contribution in [0.5, 0.6) is 0 Å². The third kappa shape index (κ3) is 2.96. The molecule has 0 bridgehead atoms. The van der Waals surface area contributed by atoms with Crippen LogP contribution in [0.15, 0.2) is 12.3 Å². The molecule has 0 aromatic carbocycles. The summed E-state index contributed by atoms with van der Waals surface area (Å²) in [5.74, 6) is -0.415. The Morgan fingerprint density at radius 3 is 3.00 bits per heavy atom. The lowest BCUT2D eigenvalue weighted by Crippen LogP contribution is -2.40. The van der Waals surface area contributed by atoms with Crippen LogP contribution in [0.2, 0.25) is 0 Å². The summed E-state index contributed by atoms with van der Waals surface area (Å²) in [5.41, 5.74) is 5.87. The number of aromatic nitrogens is 1. The van der Waals surface area contributed by atoms with Crippen molar-refractivity contribution in [2.24, 2.45) is 0 Å². The molecule has 1 saturated heterocycles. The first-order valence-corrected chi connectivity index (χ1v) is 6.49. The van der Waals surface area contributed by atoms with Crippen molar-refractivity contribution in [3.8, 4) is 0 Å². The van der Waals surface area contributed by atoms with Crippen molar-refractivity contribution in [1.29, 1.82) is 0 Å². The van der Waals surface area contributed by atoms with Gasteiger partial charge in [-0.25, -0.2) is 9.78 Å². The Kier molecular flexibility index (Phi) is 4.21. The third-order valence-corrected chi connectivity index (χ3v) is 3.53. The van der Waals surface area contributed by atoms with Crippen LogP contribution in [0.25, 0.3) is 0 Å². The van der Waals surface area contributed by atoms with Gasteiger partial charge in [0.25, 0.3) is 0 Å². The molecule has 6 nitrogen and oxygen atoms in total. The summed E-state index contributed by atoms with van der Waals surface area (Å²) in [6.45, 7) is 0.961. The molecule has 2 heterocycles. The van der Waals surface area contributed by atoms with Gasteiger partial charge < -0.3 is 20.8 Å². The predicted molar refractivity (Wildman–Crippen MR) is 72.3 cm³/mol. The molecule has 0 radical (unpaired) electrons. The first-order chi connectivity index (χ1) is 9.13. The molecule has 1 aromatic heterocycles. The van der Waals surface area contributed by atoms with Crippen LogP contribution in [0.4, 0.5) is 11.5 Å². The third-order valence-electron chi connectivity index (χ3n) is 3.53. The Hall–Kier alpha value is -1.82. The monoisotopic (exact) mass is 265 g/mol. The maximum absolute atomic E-state index is 11.1. The van der Waals surface area contributed by atoms with E-state index in [4.69, 9.17) is 15.9 Å². The lowest BCUT2D eigenvalue weighted by Gasteiger charge is -2.36. The molecule has 1 aliphatic heterocycles. The van der Waals surface area contributed by atoms with Crippen LogP contribution in [-0.2, 0) is 0 Å². The molecule has 104 valence electrons. The Labute approximate surface area is 111 Å². The number of aliphatic hydroxyl groups excluding tert-OH is 1. The summed E-state index contributed by atoms with van der Waals surface area (Å²) >= 11 is 0. The molecular weight excluding hydrogens is 246 g/mol. The van der Waals surface area contributed by atoms with Crippen molar-refractivity contribution < 1.29 is 15.0 Å². The van der Waals surface area contributed by atoms with Gasteiger partial charge in [0, 0.05) is 19.2 Å². The SMILES string of the molecule is Nc1cnc(N2CCCCC2CCO)cc1C(=O)O. The zero-order chi connectivity index (χ0) is 13.8. The topological polar surface area (TPSA) is 99.7 Å². The quantitative estimate of drug-likeness (QED) is 0.754. The van der Waals surface area contributed by atoms with Gasteiger partial charge in [-0.3, -0.25) is 0 Å². The number of aliphatic hydroxyl groups is 1. The number of hydrogen-bond donors (Lipinski definition) is 3. The van der Waals surface area contributed by atoms with Gasteiger partial charge in [0.2, 0.25) is 0 Å². The summed E-state index contributed by atoms with van der Waals surface area (Å²) in [5, 5.41) is 18.2. The highest BCUT2D eigenvalue weighted by molar-refractivity contribution is 5.94. The first kappa shape index (κ1) is 13.6. The van der Waals surface area contributed by atoms with E-state index in [0.717, 1.165) is 25.8 Å². The Bertz CT molecular complexity index is 462. The molecule has 1 atom stereocenters. The van der Waals surface area contributed by atoms with Gasteiger partial charge >= 0.3 is 5.97 Å². The highest BCUT2D eigenvalue weighted by atomic mass is 16.4. The molecule has 6 heteroatoms. The van der Waals surface area contributed by atoms with Gasteiger partial charge in [0.05, 0.1) is 17.4 Å². The molecular formula is C13H19N3O3. The van der Waals surface area contributed by atoms with E-state index in [9.17, 15) is 4.79 Å². The van der Waals surface area contributed by atoms with Crippen molar-refractivity contribution in [3.05, 3.63) is 17.8 Å². The number of carbonyl (C=O) groups is 1. The normalized spacial score (nSPS) is 19.4. The lowest BCUT2D eigenvalue weighted by atomic mass is 9.99. The Morgan fingerprint density at radius 1 is 1.53 bits per heavy atom. The second-order valence-electron chi connectivity index (χ2n) is 4.79. The molecule has 1 fully saturated rings.